The van der Waals surface area contributed by atoms with Crippen LogP contribution in [0.2, 0.25) is 5.15 Å². The van der Waals surface area contributed by atoms with E-state index >= 15 is 0 Å². The van der Waals surface area contributed by atoms with Crippen LogP contribution in [0, 0.1) is 11.3 Å². The Kier molecular flexibility index (Phi) is 2.54. The molecule has 1 fully saturated rings. The second-order valence-electron chi connectivity index (χ2n) is 4.23. The molecular formula is C11H8ClN5O2. The summed E-state index contributed by atoms with van der Waals surface area (Å²) in [6.07, 6.45) is 1.88. The zero-order valence-corrected chi connectivity index (χ0v) is 10.4. The van der Waals surface area contributed by atoms with E-state index in [1.165, 1.54) is 21.7 Å². The summed E-state index contributed by atoms with van der Waals surface area (Å²) in [6.45, 7) is 0. The highest BCUT2D eigenvalue weighted by atomic mass is 35.5. The molecule has 0 aliphatic heterocycles. The average Bonchev–Trinajstić information content (AvgIpc) is 3.08. The minimum absolute atomic E-state index is 0.0612. The topological polar surface area (TPSA) is 94.5 Å². The molecule has 1 aliphatic rings. The van der Waals surface area contributed by atoms with E-state index in [1.807, 2.05) is 6.07 Å². The van der Waals surface area contributed by atoms with Crippen molar-refractivity contribution in [3.05, 3.63) is 23.0 Å². The Morgan fingerprint density at radius 1 is 1.63 bits per heavy atom. The van der Waals surface area contributed by atoms with Crippen LogP contribution in [0.5, 0.6) is 0 Å². The summed E-state index contributed by atoms with van der Waals surface area (Å²) >= 11 is 5.90. The zero-order chi connectivity index (χ0) is 13.6. The van der Waals surface area contributed by atoms with Crippen molar-refractivity contribution >= 4 is 29.2 Å². The second-order valence-corrected chi connectivity index (χ2v) is 4.61. The van der Waals surface area contributed by atoms with Gasteiger partial charge in [0.15, 0.2) is 5.65 Å². The lowest BCUT2D eigenvalue weighted by Crippen LogP contribution is -2.33. The molecule has 0 bridgehead atoms. The van der Waals surface area contributed by atoms with Gasteiger partial charge in [-0.05, 0) is 12.8 Å². The van der Waals surface area contributed by atoms with Gasteiger partial charge in [0.2, 0.25) is 0 Å². The molecule has 19 heavy (non-hydrogen) atoms. The number of carboxylic acid groups (broad SMARTS) is 1. The smallest absolute Gasteiger partial charge is 0.413 e. The van der Waals surface area contributed by atoms with Crippen LogP contribution in [0.1, 0.15) is 18.4 Å². The Hall–Kier alpha value is -2.33. The molecule has 0 aromatic carbocycles. The number of nitriles is 1. The third-order valence-corrected chi connectivity index (χ3v) is 3.10. The number of carbonyl (C=O) groups is 1. The highest BCUT2D eigenvalue weighted by Gasteiger charge is 2.35. The van der Waals surface area contributed by atoms with Crippen molar-refractivity contribution in [3.63, 3.8) is 0 Å². The summed E-state index contributed by atoms with van der Waals surface area (Å²) in [5.74, 6) is 0.312. The molecule has 0 radical (unpaired) electrons. The summed E-state index contributed by atoms with van der Waals surface area (Å²) in [6, 6.07) is 3.33. The Morgan fingerprint density at radius 3 is 2.95 bits per heavy atom. The number of hydrogen-bond donors (Lipinski definition) is 1. The van der Waals surface area contributed by atoms with Gasteiger partial charge in [-0.3, -0.25) is 4.90 Å². The van der Waals surface area contributed by atoms with Gasteiger partial charge < -0.3 is 5.11 Å². The van der Waals surface area contributed by atoms with Gasteiger partial charge in [-0.1, -0.05) is 11.6 Å². The van der Waals surface area contributed by atoms with Gasteiger partial charge in [0.1, 0.15) is 22.6 Å². The van der Waals surface area contributed by atoms with Gasteiger partial charge in [-0.25, -0.2) is 9.78 Å². The first-order valence-electron chi connectivity index (χ1n) is 5.58. The van der Waals surface area contributed by atoms with Crippen LogP contribution in [-0.2, 0) is 0 Å². The molecule has 0 spiro atoms. The minimum atomic E-state index is -1.07. The molecule has 0 atom stereocenters. The van der Waals surface area contributed by atoms with Gasteiger partial charge in [-0.15, -0.1) is 0 Å². The second kappa shape index (κ2) is 4.10. The van der Waals surface area contributed by atoms with E-state index < -0.39 is 6.09 Å². The maximum atomic E-state index is 11.4. The first-order valence-corrected chi connectivity index (χ1v) is 5.96. The van der Waals surface area contributed by atoms with E-state index in [2.05, 4.69) is 10.1 Å². The van der Waals surface area contributed by atoms with Crippen LogP contribution in [0.3, 0.4) is 0 Å². The fourth-order valence-corrected chi connectivity index (χ4v) is 2.12. The number of hydrogen-bond acceptors (Lipinski definition) is 4. The standard InChI is InChI=1S/C11H8ClN5O2/c12-8-3-9(16(11(18)19)7-1-2-7)17-10(15-8)6(4-13)5-14-17/h3,5,7H,1-2H2,(H,18,19). The summed E-state index contributed by atoms with van der Waals surface area (Å²) in [4.78, 5) is 16.6. The Morgan fingerprint density at radius 2 is 2.37 bits per heavy atom. The molecule has 1 saturated carbocycles. The Labute approximate surface area is 112 Å². The number of fused-ring (bicyclic) bond motifs is 1. The van der Waals surface area contributed by atoms with Crippen LogP contribution in [0.15, 0.2) is 12.3 Å². The van der Waals surface area contributed by atoms with Crippen LogP contribution in [0.25, 0.3) is 5.65 Å². The Balaban J connectivity index is 2.25. The highest BCUT2D eigenvalue weighted by molar-refractivity contribution is 6.29. The molecular weight excluding hydrogens is 270 g/mol. The van der Waals surface area contributed by atoms with Crippen molar-refractivity contribution in [2.75, 3.05) is 4.90 Å². The molecule has 2 heterocycles. The van der Waals surface area contributed by atoms with E-state index in [0.717, 1.165) is 12.8 Å². The summed E-state index contributed by atoms with van der Waals surface area (Å²) in [5, 5.41) is 22.4. The predicted molar refractivity (Wildman–Crippen MR) is 66.2 cm³/mol. The van der Waals surface area contributed by atoms with E-state index in [1.54, 1.807) is 0 Å². The van der Waals surface area contributed by atoms with E-state index in [9.17, 15) is 9.90 Å². The first kappa shape index (κ1) is 11.7. The minimum Gasteiger partial charge on any atom is -0.465 e. The number of amides is 1. The number of halogens is 1. The third kappa shape index (κ3) is 1.86. The van der Waals surface area contributed by atoms with Gasteiger partial charge in [0, 0.05) is 12.1 Å². The lowest BCUT2D eigenvalue weighted by molar-refractivity contribution is 0.201. The zero-order valence-electron chi connectivity index (χ0n) is 9.62. The highest BCUT2D eigenvalue weighted by Crippen LogP contribution is 2.33. The maximum Gasteiger partial charge on any atom is 0.413 e. The van der Waals surface area contributed by atoms with Gasteiger partial charge in [0.25, 0.3) is 0 Å². The molecule has 1 aliphatic carbocycles. The number of anilines is 1. The van der Waals surface area contributed by atoms with E-state index in [-0.39, 0.29) is 22.4 Å². The molecule has 96 valence electrons. The predicted octanol–water partition coefficient (Wildman–Crippen LogP) is 1.90. The van der Waals surface area contributed by atoms with Crippen molar-refractivity contribution in [1.29, 1.82) is 5.26 Å². The molecule has 1 N–H and O–H groups in total. The summed E-state index contributed by atoms with van der Waals surface area (Å²) in [7, 11) is 0. The van der Waals surface area contributed by atoms with Gasteiger partial charge in [0.05, 0.1) is 6.20 Å². The molecule has 1 amide bonds. The van der Waals surface area contributed by atoms with Crippen LogP contribution in [-0.4, -0.2) is 31.8 Å². The molecule has 7 nitrogen and oxygen atoms in total. The van der Waals surface area contributed by atoms with Gasteiger partial charge >= 0.3 is 6.09 Å². The lowest BCUT2D eigenvalue weighted by Gasteiger charge is -2.19. The van der Waals surface area contributed by atoms with Crippen molar-refractivity contribution in [2.45, 2.75) is 18.9 Å². The maximum absolute atomic E-state index is 11.4. The largest absolute Gasteiger partial charge is 0.465 e. The fraction of sp³-hybridized carbons (Fsp3) is 0.273. The molecule has 3 rings (SSSR count). The van der Waals surface area contributed by atoms with E-state index in [0.29, 0.717) is 5.82 Å². The number of aromatic nitrogens is 3. The molecule has 8 heteroatoms. The molecule has 2 aromatic heterocycles. The fourth-order valence-electron chi connectivity index (χ4n) is 1.94. The van der Waals surface area contributed by atoms with Gasteiger partial charge in [-0.2, -0.15) is 14.9 Å². The molecule has 0 saturated heterocycles. The number of rotatable bonds is 2. The Bertz CT molecular complexity index is 716. The van der Waals surface area contributed by atoms with Crippen molar-refractivity contribution in [2.24, 2.45) is 0 Å². The summed E-state index contributed by atoms with van der Waals surface area (Å²) in [5.41, 5.74) is 0.516. The average molecular weight is 278 g/mol. The van der Waals surface area contributed by atoms with Crippen LogP contribution in [0.4, 0.5) is 10.6 Å². The molecule has 2 aromatic rings. The lowest BCUT2D eigenvalue weighted by atomic mass is 10.4. The van der Waals surface area contributed by atoms with Crippen molar-refractivity contribution in [3.8, 4) is 6.07 Å². The number of nitrogens with zero attached hydrogens (tertiary/aromatic N) is 5. The summed E-state index contributed by atoms with van der Waals surface area (Å²) < 4.78 is 1.33. The molecule has 0 unspecified atom stereocenters. The van der Waals surface area contributed by atoms with Crippen molar-refractivity contribution < 1.29 is 9.90 Å². The first-order chi connectivity index (χ1) is 9.11. The normalized spacial score (nSPS) is 14.3. The quantitative estimate of drug-likeness (QED) is 0.846. The third-order valence-electron chi connectivity index (χ3n) is 2.91. The van der Waals surface area contributed by atoms with Crippen LogP contribution >= 0.6 is 11.6 Å². The van der Waals surface area contributed by atoms with Crippen LogP contribution < -0.4 is 4.90 Å². The monoisotopic (exact) mass is 277 g/mol. The van der Waals surface area contributed by atoms with E-state index in [4.69, 9.17) is 16.9 Å². The SMILES string of the molecule is N#Cc1cnn2c(N(C(=O)O)C3CC3)cc(Cl)nc12. The van der Waals surface area contributed by atoms with Crippen molar-refractivity contribution in [1.82, 2.24) is 14.6 Å².